The van der Waals surface area contributed by atoms with Crippen LogP contribution in [-0.2, 0) is 7.05 Å². The van der Waals surface area contributed by atoms with Crippen LogP contribution in [0.3, 0.4) is 0 Å². The van der Waals surface area contributed by atoms with Crippen LogP contribution in [0.4, 0.5) is 5.69 Å². The molecule has 0 aliphatic carbocycles. The maximum atomic E-state index is 6.02. The number of aryl methyl sites for hydroxylation is 2. The van der Waals surface area contributed by atoms with Gasteiger partial charge in [0.1, 0.15) is 17.5 Å². The van der Waals surface area contributed by atoms with Gasteiger partial charge in [0.15, 0.2) is 5.11 Å². The van der Waals surface area contributed by atoms with E-state index in [9.17, 15) is 0 Å². The summed E-state index contributed by atoms with van der Waals surface area (Å²) >= 11 is 5.82. The number of nitrogens with one attached hydrogen (secondary N) is 1. The molecule has 4 aromatic rings. The summed E-state index contributed by atoms with van der Waals surface area (Å²) in [5.74, 6) is 1.60. The second kappa shape index (κ2) is 8.71. The molecule has 0 radical (unpaired) electrons. The van der Waals surface area contributed by atoms with Crippen LogP contribution in [0, 0.1) is 13.8 Å². The van der Waals surface area contributed by atoms with Crippen LogP contribution in [0.15, 0.2) is 85.1 Å². The van der Waals surface area contributed by atoms with Crippen molar-refractivity contribution in [1.29, 1.82) is 0 Å². The van der Waals surface area contributed by atoms with Gasteiger partial charge >= 0.3 is 0 Å². The lowest BCUT2D eigenvalue weighted by atomic mass is 10.0. The maximum Gasteiger partial charge on any atom is 0.174 e. The van der Waals surface area contributed by atoms with E-state index in [2.05, 4.69) is 64.9 Å². The summed E-state index contributed by atoms with van der Waals surface area (Å²) in [7, 11) is 2.10. The van der Waals surface area contributed by atoms with E-state index in [1.165, 1.54) is 17.0 Å². The first-order chi connectivity index (χ1) is 16.0. The number of anilines is 1. The fraction of sp³-hybridized carbons (Fsp3) is 0.185. The van der Waals surface area contributed by atoms with Crippen molar-refractivity contribution in [2.75, 3.05) is 4.90 Å². The summed E-state index contributed by atoms with van der Waals surface area (Å²) in [6.45, 7) is 4.18. The third-order valence-electron chi connectivity index (χ3n) is 6.18. The van der Waals surface area contributed by atoms with E-state index in [4.69, 9.17) is 17.0 Å². The Morgan fingerprint density at radius 1 is 0.879 bits per heavy atom. The van der Waals surface area contributed by atoms with E-state index in [1.54, 1.807) is 0 Å². The highest BCUT2D eigenvalue weighted by molar-refractivity contribution is 7.80. The van der Waals surface area contributed by atoms with Crippen molar-refractivity contribution in [1.82, 2.24) is 14.9 Å². The summed E-state index contributed by atoms with van der Waals surface area (Å²) < 4.78 is 8.24. The first kappa shape index (κ1) is 21.2. The molecule has 1 aliphatic heterocycles. The largest absolute Gasteiger partial charge is 0.457 e. The zero-order chi connectivity index (χ0) is 22.9. The highest BCUT2D eigenvalue weighted by atomic mass is 32.1. The third kappa shape index (κ3) is 4.10. The lowest BCUT2D eigenvalue weighted by Gasteiger charge is -2.28. The van der Waals surface area contributed by atoms with Crippen molar-refractivity contribution in [2.45, 2.75) is 25.9 Å². The topological polar surface area (TPSA) is 42.3 Å². The monoisotopic (exact) mass is 454 g/mol. The molecule has 6 heteroatoms. The summed E-state index contributed by atoms with van der Waals surface area (Å²) in [5, 5.41) is 4.20. The maximum absolute atomic E-state index is 6.02. The van der Waals surface area contributed by atoms with Gasteiger partial charge in [-0.2, -0.15) is 0 Å². The molecule has 0 amide bonds. The quantitative estimate of drug-likeness (QED) is 0.374. The Balaban J connectivity index is 1.49. The Bertz CT molecular complexity index is 1270. The minimum atomic E-state index is -0.0600. The average molecular weight is 455 g/mol. The average Bonchev–Trinajstić information content (AvgIpc) is 3.35. The Labute approximate surface area is 199 Å². The normalized spacial score (nSPS) is 17.8. The Hall–Kier alpha value is -3.64. The predicted octanol–water partition coefficient (Wildman–Crippen LogP) is 6.01. The van der Waals surface area contributed by atoms with E-state index >= 15 is 0 Å². The number of ether oxygens (including phenoxy) is 1. The lowest BCUT2D eigenvalue weighted by Crippen LogP contribution is -2.30. The van der Waals surface area contributed by atoms with Gasteiger partial charge < -0.3 is 19.5 Å². The van der Waals surface area contributed by atoms with Crippen molar-refractivity contribution in [3.8, 4) is 11.5 Å². The second-order valence-electron chi connectivity index (χ2n) is 8.36. The van der Waals surface area contributed by atoms with Crippen LogP contribution in [-0.4, -0.2) is 14.7 Å². The van der Waals surface area contributed by atoms with E-state index < -0.39 is 0 Å². The molecule has 0 unspecified atom stereocenters. The minimum absolute atomic E-state index is 0.0324. The number of benzene rings is 2. The fourth-order valence-corrected chi connectivity index (χ4v) is 4.63. The molecule has 5 rings (SSSR count). The summed E-state index contributed by atoms with van der Waals surface area (Å²) in [4.78, 5) is 6.80. The fourth-order valence-electron chi connectivity index (χ4n) is 4.28. The van der Waals surface area contributed by atoms with E-state index in [-0.39, 0.29) is 12.1 Å². The van der Waals surface area contributed by atoms with E-state index in [1.807, 2.05) is 60.8 Å². The number of hydrogen-bond donors (Lipinski definition) is 1. The number of nitrogens with zero attached hydrogens (tertiary/aromatic N) is 3. The molecule has 0 saturated carbocycles. The van der Waals surface area contributed by atoms with Gasteiger partial charge in [-0.3, -0.25) is 4.98 Å². The number of hydrogen-bond acceptors (Lipinski definition) is 3. The molecule has 5 nitrogen and oxygen atoms in total. The third-order valence-corrected chi connectivity index (χ3v) is 6.50. The second-order valence-corrected chi connectivity index (χ2v) is 8.75. The number of thiocarbonyl (C=S) groups is 1. The zero-order valence-electron chi connectivity index (χ0n) is 18.9. The van der Waals surface area contributed by atoms with Gasteiger partial charge in [-0.15, -0.1) is 0 Å². The highest BCUT2D eigenvalue weighted by Gasteiger charge is 2.41. The number of aromatic nitrogens is 2. The van der Waals surface area contributed by atoms with Crippen molar-refractivity contribution in [2.24, 2.45) is 7.05 Å². The molecule has 2 aromatic carbocycles. The van der Waals surface area contributed by atoms with Crippen LogP contribution in [0.2, 0.25) is 0 Å². The molecular weight excluding hydrogens is 428 g/mol. The van der Waals surface area contributed by atoms with Crippen molar-refractivity contribution in [3.05, 3.63) is 108 Å². The minimum Gasteiger partial charge on any atom is -0.457 e. The summed E-state index contributed by atoms with van der Waals surface area (Å²) in [6.07, 6.45) is 1.83. The molecule has 0 bridgehead atoms. The molecule has 0 spiro atoms. The van der Waals surface area contributed by atoms with Crippen molar-refractivity contribution in [3.63, 3.8) is 0 Å². The molecule has 33 heavy (non-hydrogen) atoms. The first-order valence-corrected chi connectivity index (χ1v) is 11.4. The van der Waals surface area contributed by atoms with Gasteiger partial charge in [0, 0.05) is 30.3 Å². The summed E-state index contributed by atoms with van der Waals surface area (Å²) in [5.41, 5.74) is 5.55. The standard InChI is InChI=1S/C27H26N4OS/c1-18-7-12-21(13-8-18)32-22-14-10-20(11-15-22)31-26(24-16-9-19(2)30(24)3)25(29-27(31)33)23-6-4-5-17-28-23/h4-17,25-26H,1-3H3,(H,29,33)/t25-,26+/m1/s1. The molecular formula is C27H26N4OS. The molecule has 1 aliphatic rings. The number of rotatable bonds is 5. The summed E-state index contributed by atoms with van der Waals surface area (Å²) in [6, 6.07) is 26.3. The first-order valence-electron chi connectivity index (χ1n) is 11.0. The Morgan fingerprint density at radius 2 is 1.58 bits per heavy atom. The number of pyridine rings is 1. The van der Waals surface area contributed by atoms with E-state index in [0.29, 0.717) is 5.11 Å². The molecule has 1 fully saturated rings. The SMILES string of the molecule is Cc1ccc(Oc2ccc(N3C(=S)N[C@H](c4ccccn4)[C@@H]3c3ccc(C)n3C)cc2)cc1. The van der Waals surface area contributed by atoms with Crippen LogP contribution < -0.4 is 15.0 Å². The van der Waals surface area contributed by atoms with Gasteiger partial charge in [0.2, 0.25) is 0 Å². The molecule has 1 saturated heterocycles. The van der Waals surface area contributed by atoms with Crippen LogP contribution in [0.25, 0.3) is 0 Å². The van der Waals surface area contributed by atoms with E-state index in [0.717, 1.165) is 22.9 Å². The van der Waals surface area contributed by atoms with Gasteiger partial charge in [-0.1, -0.05) is 23.8 Å². The van der Waals surface area contributed by atoms with Crippen molar-refractivity contribution < 1.29 is 4.74 Å². The highest BCUT2D eigenvalue weighted by Crippen LogP contribution is 2.42. The predicted molar refractivity (Wildman–Crippen MR) is 136 cm³/mol. The molecule has 2 aromatic heterocycles. The van der Waals surface area contributed by atoms with Gasteiger partial charge in [0.25, 0.3) is 0 Å². The lowest BCUT2D eigenvalue weighted by molar-refractivity contribution is 0.482. The molecule has 1 N–H and O–H groups in total. The Kier molecular flexibility index (Phi) is 5.60. The molecule has 166 valence electrons. The van der Waals surface area contributed by atoms with Crippen LogP contribution in [0.1, 0.15) is 34.7 Å². The molecule has 2 atom stereocenters. The van der Waals surface area contributed by atoms with Crippen molar-refractivity contribution >= 4 is 23.0 Å². The van der Waals surface area contributed by atoms with Gasteiger partial charge in [0.05, 0.1) is 11.7 Å². The van der Waals surface area contributed by atoms with Crippen LogP contribution in [0.5, 0.6) is 11.5 Å². The zero-order valence-corrected chi connectivity index (χ0v) is 19.7. The smallest absolute Gasteiger partial charge is 0.174 e. The van der Waals surface area contributed by atoms with Gasteiger partial charge in [-0.25, -0.2) is 0 Å². The van der Waals surface area contributed by atoms with Gasteiger partial charge in [-0.05, 0) is 86.7 Å². The van der Waals surface area contributed by atoms with Crippen LogP contribution >= 0.6 is 12.2 Å². The Morgan fingerprint density at radius 3 is 2.18 bits per heavy atom. The molecule has 3 heterocycles.